The number of nitrogens with one attached hydrogen (secondary N) is 1. The zero-order valence-corrected chi connectivity index (χ0v) is 13.5. The van der Waals surface area contributed by atoms with E-state index in [0.717, 1.165) is 15.7 Å². The van der Waals surface area contributed by atoms with E-state index in [2.05, 4.69) is 5.32 Å². The molecular weight excluding hydrogens is 324 g/mol. The Morgan fingerprint density at radius 3 is 2.76 bits per heavy atom. The summed E-state index contributed by atoms with van der Waals surface area (Å²) < 4.78 is 4.77. The van der Waals surface area contributed by atoms with Gasteiger partial charge in [-0.2, -0.15) is 0 Å². The van der Waals surface area contributed by atoms with E-state index in [0.29, 0.717) is 11.3 Å². The fourth-order valence-corrected chi connectivity index (χ4v) is 2.71. The van der Waals surface area contributed by atoms with E-state index in [-0.39, 0.29) is 18.8 Å². The highest BCUT2D eigenvalue weighted by atomic mass is 16.5. The maximum Gasteiger partial charge on any atom is 0.338 e. The Kier molecular flexibility index (Phi) is 4.49. The van der Waals surface area contributed by atoms with Gasteiger partial charge in [0.15, 0.2) is 0 Å². The molecule has 25 heavy (non-hydrogen) atoms. The summed E-state index contributed by atoms with van der Waals surface area (Å²) in [5, 5.41) is 13.4. The molecule has 0 aliphatic carbocycles. The number of ether oxygens (including phenoxy) is 1. The number of methoxy groups -OCH3 is 1. The van der Waals surface area contributed by atoms with Crippen molar-refractivity contribution in [2.75, 3.05) is 25.6 Å². The first kappa shape index (κ1) is 16.7. The fourth-order valence-electron chi connectivity index (χ4n) is 2.71. The Bertz CT molecular complexity index is 903. The van der Waals surface area contributed by atoms with E-state index in [1.165, 1.54) is 13.2 Å². The monoisotopic (exact) mass is 340 g/mol. The van der Waals surface area contributed by atoms with Gasteiger partial charge in [-0.1, -0.05) is 18.2 Å². The van der Waals surface area contributed by atoms with Crippen molar-refractivity contribution in [3.8, 4) is 0 Å². The number of fused-ring (bicyclic) bond motifs is 1. The molecule has 2 N–H and O–H groups in total. The van der Waals surface area contributed by atoms with Crippen LogP contribution < -0.4 is 5.32 Å². The van der Waals surface area contributed by atoms with Crippen LogP contribution in [-0.4, -0.2) is 48.1 Å². The number of rotatable bonds is 5. The topological polar surface area (TPSA) is 95.9 Å². The highest BCUT2D eigenvalue weighted by Gasteiger charge is 2.30. The molecule has 3 rings (SSSR count). The van der Waals surface area contributed by atoms with Crippen molar-refractivity contribution in [3.05, 3.63) is 53.7 Å². The maximum absolute atomic E-state index is 12.2. The summed E-state index contributed by atoms with van der Waals surface area (Å²) in [7, 11) is 1.32. The lowest BCUT2D eigenvalue weighted by Gasteiger charge is -2.14. The Morgan fingerprint density at radius 1 is 1.24 bits per heavy atom. The maximum atomic E-state index is 12.2. The zero-order chi connectivity index (χ0) is 18.0. The molecule has 0 radical (unpaired) electrons. The summed E-state index contributed by atoms with van der Waals surface area (Å²) in [6.07, 6.45) is 1.20. The summed E-state index contributed by atoms with van der Waals surface area (Å²) in [5.74, 6) is -1.37. The number of hydrogen-bond acceptors (Lipinski definition) is 6. The molecule has 7 nitrogen and oxygen atoms in total. The second kappa shape index (κ2) is 6.74. The largest absolute Gasteiger partial charge is 0.465 e. The molecule has 0 bridgehead atoms. The smallest absolute Gasteiger partial charge is 0.338 e. The quantitative estimate of drug-likeness (QED) is 0.629. The first-order chi connectivity index (χ1) is 12.0. The van der Waals surface area contributed by atoms with Gasteiger partial charge in [0, 0.05) is 11.8 Å². The van der Waals surface area contributed by atoms with Gasteiger partial charge in [-0.15, -0.1) is 0 Å². The van der Waals surface area contributed by atoms with E-state index in [1.54, 1.807) is 30.3 Å². The second-order valence-electron chi connectivity index (χ2n) is 5.43. The molecule has 1 aliphatic heterocycles. The lowest BCUT2D eigenvalue weighted by molar-refractivity contribution is -0.137. The molecule has 128 valence electrons. The standard InChI is InChI=1S/C18H16N2O5/c1-25-18(24)14-4-2-3-11-9-12(5-6-13(11)14)19-15-10-16(22)20(7-8-21)17(15)23/h2-6,9-10,19,21H,7-8H2,1H3. The highest BCUT2D eigenvalue weighted by Crippen LogP contribution is 2.25. The van der Waals surface area contributed by atoms with Crippen LogP contribution in [0, 0.1) is 0 Å². The molecule has 0 fully saturated rings. The normalized spacial score (nSPS) is 14.0. The number of esters is 1. The molecule has 0 aromatic heterocycles. The van der Waals surface area contributed by atoms with Gasteiger partial charge in [0.2, 0.25) is 0 Å². The zero-order valence-electron chi connectivity index (χ0n) is 13.5. The van der Waals surface area contributed by atoms with Gasteiger partial charge in [0.05, 0.1) is 25.8 Å². The van der Waals surface area contributed by atoms with Crippen molar-refractivity contribution in [2.24, 2.45) is 0 Å². The van der Waals surface area contributed by atoms with Crippen LogP contribution in [0.15, 0.2) is 48.2 Å². The number of carbonyl (C=O) groups is 3. The number of benzene rings is 2. The predicted octanol–water partition coefficient (Wildman–Crippen LogP) is 1.28. The summed E-state index contributed by atoms with van der Waals surface area (Å²) in [6, 6.07) is 10.5. The van der Waals surface area contributed by atoms with Gasteiger partial charge in [0.1, 0.15) is 5.70 Å². The lowest BCUT2D eigenvalue weighted by atomic mass is 10.0. The number of nitrogens with zero attached hydrogens (tertiary/aromatic N) is 1. The van der Waals surface area contributed by atoms with Gasteiger partial charge >= 0.3 is 5.97 Å². The summed E-state index contributed by atoms with van der Waals surface area (Å²) >= 11 is 0. The fraction of sp³-hybridized carbons (Fsp3) is 0.167. The number of aliphatic hydroxyl groups is 1. The third-order valence-corrected chi connectivity index (χ3v) is 3.90. The first-order valence-corrected chi connectivity index (χ1v) is 7.61. The molecule has 1 heterocycles. The van der Waals surface area contributed by atoms with Crippen LogP contribution in [-0.2, 0) is 14.3 Å². The first-order valence-electron chi connectivity index (χ1n) is 7.61. The Morgan fingerprint density at radius 2 is 2.04 bits per heavy atom. The van der Waals surface area contributed by atoms with Crippen LogP contribution in [0.25, 0.3) is 10.8 Å². The third kappa shape index (κ3) is 3.09. The lowest BCUT2D eigenvalue weighted by Crippen LogP contribution is -2.34. The van der Waals surface area contributed by atoms with Gasteiger partial charge in [-0.3, -0.25) is 14.5 Å². The number of aliphatic hydroxyl groups excluding tert-OH is 1. The van der Waals surface area contributed by atoms with Gasteiger partial charge < -0.3 is 15.2 Å². The van der Waals surface area contributed by atoms with E-state index in [1.807, 2.05) is 6.07 Å². The number of hydrogen-bond donors (Lipinski definition) is 2. The predicted molar refractivity (Wildman–Crippen MR) is 90.8 cm³/mol. The Labute approximate surface area is 143 Å². The summed E-state index contributed by atoms with van der Waals surface area (Å²) in [4.78, 5) is 36.7. The molecule has 7 heteroatoms. The van der Waals surface area contributed by atoms with Gasteiger partial charge in [0.25, 0.3) is 11.8 Å². The van der Waals surface area contributed by atoms with Crippen LogP contribution in [0.4, 0.5) is 5.69 Å². The highest BCUT2D eigenvalue weighted by molar-refractivity contribution is 6.17. The molecule has 2 aromatic rings. The molecule has 0 unspecified atom stereocenters. The molecule has 0 saturated carbocycles. The van der Waals surface area contributed by atoms with E-state index in [9.17, 15) is 14.4 Å². The minimum atomic E-state index is -0.484. The minimum Gasteiger partial charge on any atom is -0.465 e. The van der Waals surface area contributed by atoms with E-state index in [4.69, 9.17) is 9.84 Å². The number of carbonyl (C=O) groups excluding carboxylic acids is 3. The van der Waals surface area contributed by atoms with Crippen LogP contribution >= 0.6 is 0 Å². The number of imide groups is 1. The van der Waals surface area contributed by atoms with Crippen molar-refractivity contribution in [3.63, 3.8) is 0 Å². The summed E-state index contributed by atoms with van der Waals surface area (Å²) in [5.41, 5.74) is 1.20. The van der Waals surface area contributed by atoms with Crippen molar-refractivity contribution in [2.45, 2.75) is 0 Å². The van der Waals surface area contributed by atoms with Crippen LogP contribution in [0.1, 0.15) is 10.4 Å². The third-order valence-electron chi connectivity index (χ3n) is 3.90. The van der Waals surface area contributed by atoms with Crippen LogP contribution in [0.5, 0.6) is 0 Å². The van der Waals surface area contributed by atoms with Crippen molar-refractivity contribution < 1.29 is 24.2 Å². The molecule has 1 aliphatic rings. The SMILES string of the molecule is COC(=O)c1cccc2cc(NC3=CC(=O)N(CCO)C3=O)ccc12. The minimum absolute atomic E-state index is 0.0421. The molecular formula is C18H16N2O5. The van der Waals surface area contributed by atoms with E-state index >= 15 is 0 Å². The number of amides is 2. The Hall–Kier alpha value is -3.19. The average Bonchev–Trinajstić information content (AvgIpc) is 2.88. The molecule has 0 atom stereocenters. The molecule has 2 aromatic carbocycles. The van der Waals surface area contributed by atoms with Crippen LogP contribution in [0.2, 0.25) is 0 Å². The van der Waals surface area contributed by atoms with Crippen LogP contribution in [0.3, 0.4) is 0 Å². The van der Waals surface area contributed by atoms with Crippen molar-refractivity contribution in [1.29, 1.82) is 0 Å². The molecule has 0 saturated heterocycles. The molecule has 0 spiro atoms. The van der Waals surface area contributed by atoms with Gasteiger partial charge in [-0.25, -0.2) is 4.79 Å². The number of β-amino-alcohol motifs (C(OH)–C–C–N with tert-alkyl or cyclic N) is 1. The number of anilines is 1. The molecule has 2 amide bonds. The average molecular weight is 340 g/mol. The summed E-state index contributed by atoms with van der Waals surface area (Å²) in [6.45, 7) is -0.329. The van der Waals surface area contributed by atoms with Crippen molar-refractivity contribution >= 4 is 34.2 Å². The second-order valence-corrected chi connectivity index (χ2v) is 5.43. The van der Waals surface area contributed by atoms with Crippen molar-refractivity contribution in [1.82, 2.24) is 4.90 Å². The Balaban J connectivity index is 1.89. The van der Waals surface area contributed by atoms with Gasteiger partial charge in [-0.05, 0) is 29.0 Å². The van der Waals surface area contributed by atoms with E-state index < -0.39 is 17.8 Å².